The number of nitrogens with zero attached hydrogens (tertiary/aromatic N) is 2. The molecule has 100 valence electrons. The lowest BCUT2D eigenvalue weighted by molar-refractivity contribution is -0.386. The van der Waals surface area contributed by atoms with E-state index in [9.17, 15) is 14.9 Å². The molecule has 0 aliphatic heterocycles. The Morgan fingerprint density at radius 2 is 1.89 bits per heavy atom. The van der Waals surface area contributed by atoms with Gasteiger partial charge in [-0.25, -0.2) is 0 Å². The first-order chi connectivity index (χ1) is 8.66. The minimum absolute atomic E-state index is 0.141. The molecule has 0 unspecified atom stereocenters. The van der Waals surface area contributed by atoms with Crippen molar-refractivity contribution < 1.29 is 4.92 Å². The van der Waals surface area contributed by atoms with Gasteiger partial charge in [-0.3, -0.25) is 14.9 Å². The molecule has 6 heteroatoms. The summed E-state index contributed by atoms with van der Waals surface area (Å²) in [6.07, 6.45) is 1.09. The number of rotatable bonds is 2. The lowest BCUT2D eigenvalue weighted by Gasteiger charge is -2.06. The van der Waals surface area contributed by atoms with E-state index in [1.807, 2.05) is 33.8 Å². The first-order valence-electron chi connectivity index (χ1n) is 5.96. The summed E-state index contributed by atoms with van der Waals surface area (Å²) >= 11 is 0. The Balaban J connectivity index is 2.77. The fourth-order valence-corrected chi connectivity index (χ4v) is 3.01. The minimum atomic E-state index is -0.568. The summed E-state index contributed by atoms with van der Waals surface area (Å²) in [6.45, 7) is 7.96. The zero-order chi connectivity index (χ0) is 14.6. The summed E-state index contributed by atoms with van der Waals surface area (Å²) in [7, 11) is 0. The minimum Gasteiger partial charge on any atom is -0.322 e. The molecule has 1 heterocycles. The number of aromatic nitrogens is 1. The largest absolute Gasteiger partial charge is 0.322 e. The van der Waals surface area contributed by atoms with Crippen molar-refractivity contribution in [2.45, 2.75) is 33.6 Å². The van der Waals surface area contributed by atoms with Gasteiger partial charge in [0.1, 0.15) is 11.6 Å². The van der Waals surface area contributed by atoms with Gasteiger partial charge in [-0.1, -0.05) is 27.7 Å². The molecule has 0 bridgehead atoms. The van der Waals surface area contributed by atoms with Crippen LogP contribution in [0.3, 0.4) is 0 Å². The van der Waals surface area contributed by atoms with E-state index in [1.54, 1.807) is 0 Å². The zero-order valence-electron chi connectivity index (χ0n) is 11.3. The highest BCUT2D eigenvalue weighted by Gasteiger charge is 2.67. The third kappa shape index (κ3) is 1.58. The molecule has 1 saturated carbocycles. The fraction of sp³-hybridized carbons (Fsp3) is 0.538. The Kier molecular flexibility index (Phi) is 2.56. The third-order valence-corrected chi connectivity index (χ3v) is 4.73. The fourth-order valence-electron chi connectivity index (χ4n) is 3.01. The Hall–Kier alpha value is -2.16. The first kappa shape index (κ1) is 13.3. The monoisotopic (exact) mass is 261 g/mol. The summed E-state index contributed by atoms with van der Waals surface area (Å²) < 4.78 is 0. The van der Waals surface area contributed by atoms with Crippen LogP contribution in [-0.2, 0) is 0 Å². The molecule has 0 atom stereocenters. The van der Waals surface area contributed by atoms with E-state index in [-0.39, 0.29) is 33.6 Å². The molecular formula is C13H15N3O3. The van der Waals surface area contributed by atoms with Crippen LogP contribution in [-0.4, -0.2) is 9.91 Å². The highest BCUT2D eigenvalue weighted by Crippen LogP contribution is 2.74. The van der Waals surface area contributed by atoms with Gasteiger partial charge in [0.15, 0.2) is 0 Å². The molecule has 0 spiro atoms. The molecule has 0 saturated heterocycles. The summed E-state index contributed by atoms with van der Waals surface area (Å²) in [4.78, 5) is 24.5. The molecule has 0 aromatic carbocycles. The van der Waals surface area contributed by atoms with Gasteiger partial charge < -0.3 is 4.98 Å². The molecule has 1 aromatic rings. The van der Waals surface area contributed by atoms with E-state index >= 15 is 0 Å². The van der Waals surface area contributed by atoms with E-state index in [0.717, 1.165) is 6.20 Å². The second-order valence-electron chi connectivity index (χ2n) is 6.04. The van der Waals surface area contributed by atoms with Gasteiger partial charge in [0.25, 0.3) is 11.2 Å². The summed E-state index contributed by atoms with van der Waals surface area (Å²) in [5.74, 6) is -0.169. The van der Waals surface area contributed by atoms with Gasteiger partial charge >= 0.3 is 0 Å². The van der Waals surface area contributed by atoms with Crippen molar-refractivity contribution in [2.75, 3.05) is 0 Å². The lowest BCUT2D eigenvalue weighted by Crippen LogP contribution is -2.15. The number of H-pyrrole nitrogens is 1. The van der Waals surface area contributed by atoms with Crippen molar-refractivity contribution in [1.82, 2.24) is 4.98 Å². The van der Waals surface area contributed by atoms with Crippen molar-refractivity contribution in [3.05, 3.63) is 37.8 Å². The number of nitrogens with one attached hydrogen (secondary N) is 1. The number of hydrogen-bond acceptors (Lipinski definition) is 4. The predicted molar refractivity (Wildman–Crippen MR) is 68.7 cm³/mol. The van der Waals surface area contributed by atoms with Gasteiger partial charge in [-0.15, -0.1) is 0 Å². The molecule has 2 rings (SSSR count). The maximum absolute atomic E-state index is 11.7. The average molecular weight is 261 g/mol. The molecule has 1 fully saturated rings. The number of pyridine rings is 1. The SMILES string of the molecule is CC1(C)C(c2c([N+](=O)[O-])c[nH]c(=O)c2C#N)C1(C)C. The molecule has 0 amide bonds. The van der Waals surface area contributed by atoms with Crippen LogP contribution in [0.4, 0.5) is 5.69 Å². The Labute approximate surface area is 110 Å². The number of nitro groups is 1. The van der Waals surface area contributed by atoms with Crippen LogP contribution >= 0.6 is 0 Å². The smallest absolute Gasteiger partial charge is 0.290 e. The summed E-state index contributed by atoms with van der Waals surface area (Å²) in [5, 5.41) is 20.3. The van der Waals surface area contributed by atoms with Gasteiger partial charge in [0.2, 0.25) is 0 Å². The molecule has 1 N–H and O–H groups in total. The molecule has 1 aliphatic carbocycles. The van der Waals surface area contributed by atoms with Crippen LogP contribution in [0, 0.1) is 32.3 Å². The normalized spacial score (nSPS) is 19.7. The van der Waals surface area contributed by atoms with Crippen LogP contribution < -0.4 is 5.56 Å². The first-order valence-corrected chi connectivity index (χ1v) is 5.96. The number of nitriles is 1. The Bertz CT molecular complexity index is 651. The second-order valence-corrected chi connectivity index (χ2v) is 6.04. The van der Waals surface area contributed by atoms with E-state index in [1.165, 1.54) is 0 Å². The van der Waals surface area contributed by atoms with Gasteiger partial charge in [0, 0.05) is 5.92 Å². The van der Waals surface area contributed by atoms with Crippen molar-refractivity contribution in [2.24, 2.45) is 10.8 Å². The number of aromatic amines is 1. The molecule has 6 nitrogen and oxygen atoms in total. The van der Waals surface area contributed by atoms with Gasteiger partial charge in [0.05, 0.1) is 16.7 Å². The highest BCUT2D eigenvalue weighted by molar-refractivity contribution is 5.55. The second kappa shape index (κ2) is 3.67. The topological polar surface area (TPSA) is 99.8 Å². The van der Waals surface area contributed by atoms with Crippen molar-refractivity contribution in [1.29, 1.82) is 5.26 Å². The molecule has 0 radical (unpaired) electrons. The quantitative estimate of drug-likeness (QED) is 0.652. The van der Waals surface area contributed by atoms with E-state index in [4.69, 9.17) is 5.26 Å². The van der Waals surface area contributed by atoms with E-state index in [2.05, 4.69) is 4.98 Å². The standard InChI is InChI=1S/C13H15N3O3/c1-12(2)10(13(12,3)4)9-7(5-14)11(17)15-6-8(9)16(18)19/h6,10H,1-4H3,(H,15,17). The third-order valence-electron chi connectivity index (χ3n) is 4.73. The van der Waals surface area contributed by atoms with Crippen molar-refractivity contribution >= 4 is 5.69 Å². The Morgan fingerprint density at radius 3 is 2.26 bits per heavy atom. The lowest BCUT2D eigenvalue weighted by atomic mass is 9.98. The Morgan fingerprint density at radius 1 is 1.37 bits per heavy atom. The van der Waals surface area contributed by atoms with Crippen molar-refractivity contribution in [3.8, 4) is 6.07 Å². The van der Waals surface area contributed by atoms with Crippen molar-refractivity contribution in [3.63, 3.8) is 0 Å². The van der Waals surface area contributed by atoms with Gasteiger partial charge in [-0.05, 0) is 10.8 Å². The molecule has 1 aliphatic rings. The number of hydrogen-bond donors (Lipinski definition) is 1. The van der Waals surface area contributed by atoms with Crippen LogP contribution in [0.2, 0.25) is 0 Å². The maximum atomic E-state index is 11.7. The van der Waals surface area contributed by atoms with Crippen LogP contribution in [0.1, 0.15) is 44.7 Å². The maximum Gasteiger partial charge on any atom is 0.290 e. The zero-order valence-corrected chi connectivity index (χ0v) is 11.3. The predicted octanol–water partition coefficient (Wildman–Crippen LogP) is 2.30. The highest BCUT2D eigenvalue weighted by atomic mass is 16.6. The molecule has 19 heavy (non-hydrogen) atoms. The summed E-state index contributed by atoms with van der Waals surface area (Å²) in [5.41, 5.74) is -0.987. The van der Waals surface area contributed by atoms with Crippen LogP contribution in [0.25, 0.3) is 0 Å². The summed E-state index contributed by atoms with van der Waals surface area (Å²) in [6, 6.07) is 1.81. The average Bonchev–Trinajstić information content (AvgIpc) is 2.68. The molecular weight excluding hydrogens is 246 g/mol. The van der Waals surface area contributed by atoms with E-state index in [0.29, 0.717) is 0 Å². The van der Waals surface area contributed by atoms with Crippen LogP contribution in [0.15, 0.2) is 11.0 Å². The van der Waals surface area contributed by atoms with E-state index < -0.39 is 10.5 Å². The van der Waals surface area contributed by atoms with Crippen LogP contribution in [0.5, 0.6) is 0 Å². The molecule has 1 aromatic heterocycles. The van der Waals surface area contributed by atoms with Gasteiger partial charge in [-0.2, -0.15) is 5.26 Å².